The topological polar surface area (TPSA) is 67.9 Å². The molecule has 1 fully saturated rings. The zero-order chi connectivity index (χ0) is 22.5. The molecule has 0 aromatic heterocycles. The third-order valence-corrected chi connectivity index (χ3v) is 5.05. The average Bonchev–Trinajstić information content (AvgIpc) is 3.10. The van der Waals surface area contributed by atoms with Gasteiger partial charge >= 0.3 is 6.61 Å². The summed E-state index contributed by atoms with van der Waals surface area (Å²) in [7, 11) is 0. The number of rotatable bonds is 8. The molecule has 2 amide bonds. The van der Waals surface area contributed by atoms with E-state index in [4.69, 9.17) is 4.74 Å². The van der Waals surface area contributed by atoms with E-state index in [1.807, 2.05) is 0 Å². The van der Waals surface area contributed by atoms with Crippen LogP contribution in [0.25, 0.3) is 0 Å². The number of benzene rings is 2. The summed E-state index contributed by atoms with van der Waals surface area (Å²) in [5.74, 6) is -1.27. The largest absolute Gasteiger partial charge is 0.490 e. The summed E-state index contributed by atoms with van der Waals surface area (Å²) in [5, 5.41) is 2.61. The molecule has 0 spiro atoms. The van der Waals surface area contributed by atoms with Crippen LogP contribution in [0.2, 0.25) is 0 Å². The van der Waals surface area contributed by atoms with Crippen molar-refractivity contribution in [1.82, 2.24) is 4.90 Å². The second-order valence-electron chi connectivity index (χ2n) is 7.14. The third-order valence-electron chi connectivity index (χ3n) is 5.05. The van der Waals surface area contributed by atoms with Crippen LogP contribution >= 0.6 is 0 Å². The minimum absolute atomic E-state index is 0.0791. The van der Waals surface area contributed by atoms with Gasteiger partial charge in [-0.15, -0.1) is 0 Å². The Morgan fingerprint density at radius 2 is 2.00 bits per heavy atom. The number of amides is 2. The SMILES string of the molecule is CCOc1cc(C2CC(=O)N(C(C)C(=O)Nc3cccc(F)c3)C2)ccc1OC(F)F. The minimum Gasteiger partial charge on any atom is -0.490 e. The van der Waals surface area contributed by atoms with Gasteiger partial charge in [-0.2, -0.15) is 8.78 Å². The minimum atomic E-state index is -2.98. The summed E-state index contributed by atoms with van der Waals surface area (Å²) >= 11 is 0. The fourth-order valence-corrected chi connectivity index (χ4v) is 3.52. The Morgan fingerprint density at radius 3 is 2.68 bits per heavy atom. The van der Waals surface area contributed by atoms with Crippen LogP contribution in [0.5, 0.6) is 11.5 Å². The molecule has 0 aliphatic carbocycles. The third kappa shape index (κ3) is 5.48. The lowest BCUT2D eigenvalue weighted by Crippen LogP contribution is -2.42. The maximum absolute atomic E-state index is 13.3. The molecule has 6 nitrogen and oxygen atoms in total. The van der Waals surface area contributed by atoms with Crippen molar-refractivity contribution in [2.75, 3.05) is 18.5 Å². The van der Waals surface area contributed by atoms with E-state index >= 15 is 0 Å². The highest BCUT2D eigenvalue weighted by Crippen LogP contribution is 2.36. The molecule has 0 radical (unpaired) electrons. The van der Waals surface area contributed by atoms with Crippen molar-refractivity contribution in [3.63, 3.8) is 0 Å². The summed E-state index contributed by atoms with van der Waals surface area (Å²) in [6, 6.07) is 9.30. The molecule has 1 N–H and O–H groups in total. The second kappa shape index (κ2) is 9.72. The molecule has 1 heterocycles. The standard InChI is InChI=1S/C22H23F3N2O4/c1-3-30-19-9-14(7-8-18(19)31-22(24)25)15-10-20(28)27(12-15)13(2)21(29)26-17-6-4-5-16(23)11-17/h4-9,11,13,15,22H,3,10,12H2,1-2H3,(H,26,29). The lowest BCUT2D eigenvalue weighted by Gasteiger charge is -2.24. The van der Waals surface area contributed by atoms with Gasteiger partial charge in [0.05, 0.1) is 6.61 Å². The number of hydrogen-bond donors (Lipinski definition) is 1. The van der Waals surface area contributed by atoms with E-state index in [2.05, 4.69) is 10.1 Å². The number of ether oxygens (including phenoxy) is 2. The summed E-state index contributed by atoms with van der Waals surface area (Å²) in [6.45, 7) is 0.873. The molecule has 2 atom stereocenters. The monoisotopic (exact) mass is 436 g/mol. The summed E-state index contributed by atoms with van der Waals surface area (Å²) in [6.07, 6.45) is 0.165. The summed E-state index contributed by atoms with van der Waals surface area (Å²) in [4.78, 5) is 26.6. The highest BCUT2D eigenvalue weighted by atomic mass is 19.3. The number of carbonyl (C=O) groups is 2. The number of alkyl halides is 2. The predicted octanol–water partition coefficient (Wildman–Crippen LogP) is 4.17. The van der Waals surface area contributed by atoms with Crippen LogP contribution in [-0.2, 0) is 9.59 Å². The van der Waals surface area contributed by atoms with E-state index in [0.29, 0.717) is 5.69 Å². The van der Waals surface area contributed by atoms with Crippen LogP contribution in [0.3, 0.4) is 0 Å². The number of hydrogen-bond acceptors (Lipinski definition) is 4. The van der Waals surface area contributed by atoms with E-state index in [0.717, 1.165) is 5.56 Å². The van der Waals surface area contributed by atoms with Crippen molar-refractivity contribution in [3.05, 3.63) is 53.8 Å². The average molecular weight is 436 g/mol. The summed E-state index contributed by atoms with van der Waals surface area (Å²) < 4.78 is 48.4. The first-order valence-corrected chi connectivity index (χ1v) is 9.86. The Labute approximate surface area is 177 Å². The van der Waals surface area contributed by atoms with Crippen LogP contribution in [-0.4, -0.2) is 42.5 Å². The Morgan fingerprint density at radius 1 is 1.23 bits per heavy atom. The molecule has 0 bridgehead atoms. The molecule has 31 heavy (non-hydrogen) atoms. The van der Waals surface area contributed by atoms with Crippen molar-refractivity contribution < 1.29 is 32.2 Å². The number of anilines is 1. The fourth-order valence-electron chi connectivity index (χ4n) is 3.52. The molecule has 166 valence electrons. The molecular formula is C22H23F3N2O4. The normalized spacial score (nSPS) is 17.0. The highest BCUT2D eigenvalue weighted by Gasteiger charge is 2.36. The van der Waals surface area contributed by atoms with Gasteiger partial charge in [-0.05, 0) is 49.7 Å². The maximum Gasteiger partial charge on any atom is 0.387 e. The molecule has 1 aliphatic heterocycles. The van der Waals surface area contributed by atoms with Crippen LogP contribution in [0.15, 0.2) is 42.5 Å². The number of likely N-dealkylation sites (tertiary alicyclic amines) is 1. The molecule has 2 aromatic carbocycles. The number of carbonyl (C=O) groups excluding carboxylic acids is 2. The Hall–Kier alpha value is -3.23. The van der Waals surface area contributed by atoms with Crippen molar-refractivity contribution >= 4 is 17.5 Å². The number of nitrogens with zero attached hydrogens (tertiary/aromatic N) is 1. The summed E-state index contributed by atoms with van der Waals surface area (Å²) in [5.41, 5.74) is 1.02. The predicted molar refractivity (Wildman–Crippen MR) is 108 cm³/mol. The molecule has 1 saturated heterocycles. The van der Waals surface area contributed by atoms with E-state index < -0.39 is 24.4 Å². The van der Waals surface area contributed by atoms with Crippen molar-refractivity contribution in [2.45, 2.75) is 38.8 Å². The lowest BCUT2D eigenvalue weighted by atomic mass is 9.98. The Kier molecular flexibility index (Phi) is 7.04. The molecule has 2 aromatic rings. The van der Waals surface area contributed by atoms with Crippen LogP contribution in [0.4, 0.5) is 18.9 Å². The van der Waals surface area contributed by atoms with Crippen LogP contribution in [0, 0.1) is 5.82 Å². The first-order chi connectivity index (χ1) is 14.8. The second-order valence-corrected chi connectivity index (χ2v) is 7.14. The lowest BCUT2D eigenvalue weighted by molar-refractivity contribution is -0.134. The molecular weight excluding hydrogens is 413 g/mol. The molecule has 9 heteroatoms. The number of nitrogens with one attached hydrogen (secondary N) is 1. The molecule has 1 aliphatic rings. The Bertz CT molecular complexity index is 954. The smallest absolute Gasteiger partial charge is 0.387 e. The van der Waals surface area contributed by atoms with Gasteiger partial charge in [0, 0.05) is 24.6 Å². The maximum atomic E-state index is 13.3. The van der Waals surface area contributed by atoms with E-state index in [9.17, 15) is 22.8 Å². The number of halogens is 3. The molecule has 3 rings (SSSR count). The molecule has 2 unspecified atom stereocenters. The van der Waals surface area contributed by atoms with Crippen molar-refractivity contribution in [2.24, 2.45) is 0 Å². The fraction of sp³-hybridized carbons (Fsp3) is 0.364. The molecule has 0 saturated carbocycles. The van der Waals surface area contributed by atoms with Gasteiger partial charge in [-0.1, -0.05) is 12.1 Å². The highest BCUT2D eigenvalue weighted by molar-refractivity contribution is 5.97. The van der Waals surface area contributed by atoms with Gasteiger partial charge < -0.3 is 19.7 Å². The van der Waals surface area contributed by atoms with E-state index in [-0.39, 0.29) is 42.9 Å². The van der Waals surface area contributed by atoms with Gasteiger partial charge in [0.15, 0.2) is 11.5 Å². The van der Waals surface area contributed by atoms with Gasteiger partial charge in [-0.3, -0.25) is 9.59 Å². The van der Waals surface area contributed by atoms with Gasteiger partial charge in [0.25, 0.3) is 0 Å². The van der Waals surface area contributed by atoms with Crippen LogP contribution in [0.1, 0.15) is 31.7 Å². The van der Waals surface area contributed by atoms with Crippen molar-refractivity contribution in [1.29, 1.82) is 0 Å². The van der Waals surface area contributed by atoms with Crippen molar-refractivity contribution in [3.8, 4) is 11.5 Å². The zero-order valence-electron chi connectivity index (χ0n) is 17.1. The van der Waals surface area contributed by atoms with E-state index in [1.165, 1.54) is 29.2 Å². The first-order valence-electron chi connectivity index (χ1n) is 9.86. The first kappa shape index (κ1) is 22.5. The van der Waals surface area contributed by atoms with Gasteiger partial charge in [-0.25, -0.2) is 4.39 Å². The Balaban J connectivity index is 1.71. The van der Waals surface area contributed by atoms with Gasteiger partial charge in [0.1, 0.15) is 11.9 Å². The zero-order valence-corrected chi connectivity index (χ0v) is 17.1. The van der Waals surface area contributed by atoms with E-state index in [1.54, 1.807) is 32.0 Å². The van der Waals surface area contributed by atoms with Gasteiger partial charge in [0.2, 0.25) is 11.8 Å². The van der Waals surface area contributed by atoms with Crippen LogP contribution < -0.4 is 14.8 Å². The quantitative estimate of drug-likeness (QED) is 0.675.